The molecule has 10 heteroatoms. The summed E-state index contributed by atoms with van der Waals surface area (Å²) in [4.78, 5) is 25.0. The van der Waals surface area contributed by atoms with E-state index in [1.165, 1.54) is 12.1 Å². The molecular formula is C21H23NO7S2. The Balaban J connectivity index is 1.40. The van der Waals surface area contributed by atoms with Gasteiger partial charge in [0.25, 0.3) is 0 Å². The lowest BCUT2D eigenvalue weighted by molar-refractivity contribution is -0.142. The second-order valence-electron chi connectivity index (χ2n) is 6.62. The molecule has 1 aliphatic heterocycles. The number of nitrogens with one attached hydrogen (secondary N) is 1. The zero-order chi connectivity index (χ0) is 22.3. The summed E-state index contributed by atoms with van der Waals surface area (Å²) >= 11 is 1.57. The number of rotatable bonds is 10. The van der Waals surface area contributed by atoms with E-state index in [0.717, 1.165) is 4.90 Å². The van der Waals surface area contributed by atoms with Crippen LogP contribution >= 0.6 is 11.8 Å². The molecule has 1 N–H and O–H groups in total. The Labute approximate surface area is 185 Å². The second kappa shape index (κ2) is 10.7. The van der Waals surface area contributed by atoms with Crippen molar-refractivity contribution in [3.63, 3.8) is 0 Å². The molecule has 0 aliphatic carbocycles. The van der Waals surface area contributed by atoms with Crippen molar-refractivity contribution in [1.29, 1.82) is 0 Å². The van der Waals surface area contributed by atoms with Gasteiger partial charge in [0.05, 0.1) is 4.90 Å². The van der Waals surface area contributed by atoms with Crippen LogP contribution in [0.1, 0.15) is 23.2 Å². The smallest absolute Gasteiger partial charge is 0.306 e. The molecular weight excluding hydrogens is 442 g/mol. The van der Waals surface area contributed by atoms with Crippen LogP contribution < -0.4 is 14.2 Å². The van der Waals surface area contributed by atoms with Gasteiger partial charge in [-0.1, -0.05) is 12.1 Å². The zero-order valence-electron chi connectivity index (χ0n) is 17.0. The number of Topliss-reactive ketones (excluding diaryl/α,β-unsaturated/α-hetero) is 1. The standard InChI is InChI=1S/C21H23NO7S2/c1-30-16-6-4-15(5-7-16)18(23)14-29-21(24)3-2-10-22-31(25,26)17-8-9-19-20(13-17)28-12-11-27-19/h4-9,13,22H,2-3,10-12,14H2,1H3. The summed E-state index contributed by atoms with van der Waals surface area (Å²) in [6, 6.07) is 11.4. The van der Waals surface area contributed by atoms with Crippen molar-refractivity contribution < 1.29 is 32.2 Å². The highest BCUT2D eigenvalue weighted by molar-refractivity contribution is 7.98. The summed E-state index contributed by atoms with van der Waals surface area (Å²) in [5.41, 5.74) is 0.470. The second-order valence-corrected chi connectivity index (χ2v) is 9.27. The van der Waals surface area contributed by atoms with E-state index in [1.54, 1.807) is 30.0 Å². The van der Waals surface area contributed by atoms with E-state index in [9.17, 15) is 18.0 Å². The molecule has 0 atom stereocenters. The van der Waals surface area contributed by atoms with Crippen molar-refractivity contribution >= 4 is 33.5 Å². The van der Waals surface area contributed by atoms with Crippen molar-refractivity contribution in [2.24, 2.45) is 0 Å². The van der Waals surface area contributed by atoms with Crippen LogP contribution in [0.4, 0.5) is 0 Å². The highest BCUT2D eigenvalue weighted by Crippen LogP contribution is 2.32. The number of fused-ring (bicyclic) bond motifs is 1. The first-order valence-corrected chi connectivity index (χ1v) is 12.3. The fraction of sp³-hybridized carbons (Fsp3) is 0.333. The summed E-state index contributed by atoms with van der Waals surface area (Å²) in [6.45, 7) is 0.483. The number of carbonyl (C=O) groups excluding carboxylic acids is 2. The first-order chi connectivity index (χ1) is 14.9. The zero-order valence-corrected chi connectivity index (χ0v) is 18.6. The third kappa shape index (κ3) is 6.46. The maximum Gasteiger partial charge on any atom is 0.306 e. The van der Waals surface area contributed by atoms with Gasteiger partial charge in [-0.25, -0.2) is 13.1 Å². The van der Waals surface area contributed by atoms with E-state index in [2.05, 4.69) is 4.72 Å². The van der Waals surface area contributed by atoms with Gasteiger partial charge in [0.2, 0.25) is 10.0 Å². The molecule has 0 saturated heterocycles. The highest BCUT2D eigenvalue weighted by atomic mass is 32.2. The van der Waals surface area contributed by atoms with Gasteiger partial charge in [0.15, 0.2) is 23.9 Å². The van der Waals surface area contributed by atoms with Gasteiger partial charge in [-0.05, 0) is 36.9 Å². The first-order valence-electron chi connectivity index (χ1n) is 9.61. The monoisotopic (exact) mass is 465 g/mol. The molecule has 2 aromatic rings. The van der Waals surface area contributed by atoms with Crippen LogP contribution in [-0.4, -0.2) is 52.8 Å². The van der Waals surface area contributed by atoms with Crippen LogP contribution in [0.3, 0.4) is 0 Å². The predicted molar refractivity (Wildman–Crippen MR) is 115 cm³/mol. The number of sulfonamides is 1. The Kier molecular flexibility index (Phi) is 7.94. The van der Waals surface area contributed by atoms with E-state index in [-0.39, 0.29) is 36.7 Å². The van der Waals surface area contributed by atoms with Gasteiger partial charge in [0, 0.05) is 29.5 Å². The number of esters is 1. The molecule has 0 unspecified atom stereocenters. The van der Waals surface area contributed by atoms with Crippen molar-refractivity contribution in [2.75, 3.05) is 32.6 Å². The van der Waals surface area contributed by atoms with Crippen LogP contribution in [0.5, 0.6) is 11.5 Å². The Bertz CT molecular complexity index is 1040. The molecule has 8 nitrogen and oxygen atoms in total. The normalized spacial score (nSPS) is 12.9. The van der Waals surface area contributed by atoms with Gasteiger partial charge >= 0.3 is 5.97 Å². The van der Waals surface area contributed by atoms with Gasteiger partial charge in [-0.3, -0.25) is 9.59 Å². The predicted octanol–water partition coefficient (Wildman–Crippen LogP) is 2.66. The number of thioether (sulfide) groups is 1. The van der Waals surface area contributed by atoms with Crippen LogP contribution in [0, 0.1) is 0 Å². The van der Waals surface area contributed by atoms with E-state index < -0.39 is 16.0 Å². The fourth-order valence-corrected chi connectivity index (χ4v) is 4.29. The Morgan fingerprint density at radius 1 is 1.06 bits per heavy atom. The highest BCUT2D eigenvalue weighted by Gasteiger charge is 2.19. The molecule has 0 amide bonds. The molecule has 0 aromatic heterocycles. The number of hydrogen-bond donors (Lipinski definition) is 1. The van der Waals surface area contributed by atoms with E-state index in [4.69, 9.17) is 14.2 Å². The Morgan fingerprint density at radius 3 is 2.48 bits per heavy atom. The molecule has 0 radical (unpaired) electrons. The lowest BCUT2D eigenvalue weighted by atomic mass is 10.1. The van der Waals surface area contributed by atoms with Crippen LogP contribution in [0.15, 0.2) is 52.3 Å². The lowest BCUT2D eigenvalue weighted by Crippen LogP contribution is -2.26. The third-order valence-electron chi connectivity index (χ3n) is 4.45. The first kappa shape index (κ1) is 23.1. The SMILES string of the molecule is CSc1ccc(C(=O)COC(=O)CCCNS(=O)(=O)c2ccc3c(c2)OCCO3)cc1. The largest absolute Gasteiger partial charge is 0.486 e. The number of hydrogen-bond acceptors (Lipinski definition) is 8. The fourth-order valence-electron chi connectivity index (χ4n) is 2.79. The maximum absolute atomic E-state index is 12.4. The molecule has 1 heterocycles. The minimum atomic E-state index is -3.75. The van der Waals surface area contributed by atoms with E-state index in [1.807, 2.05) is 18.4 Å². The average molecular weight is 466 g/mol. The molecule has 0 fully saturated rings. The molecule has 0 spiro atoms. The molecule has 31 heavy (non-hydrogen) atoms. The topological polar surface area (TPSA) is 108 Å². The van der Waals surface area contributed by atoms with Crippen LogP contribution in [0.25, 0.3) is 0 Å². The summed E-state index contributed by atoms with van der Waals surface area (Å²) < 4.78 is 43.0. The molecule has 166 valence electrons. The van der Waals surface area contributed by atoms with Gasteiger partial charge in [0.1, 0.15) is 13.2 Å². The van der Waals surface area contributed by atoms with Gasteiger partial charge in [-0.15, -0.1) is 11.8 Å². The summed E-state index contributed by atoms with van der Waals surface area (Å²) in [7, 11) is -3.75. The van der Waals surface area contributed by atoms with Gasteiger partial charge in [-0.2, -0.15) is 0 Å². The molecule has 2 aromatic carbocycles. The number of ketones is 1. The molecule has 1 aliphatic rings. The van der Waals surface area contributed by atoms with Gasteiger partial charge < -0.3 is 14.2 Å². The minimum Gasteiger partial charge on any atom is -0.486 e. The van der Waals surface area contributed by atoms with Crippen LogP contribution in [0.2, 0.25) is 0 Å². The van der Waals surface area contributed by atoms with E-state index >= 15 is 0 Å². The van der Waals surface area contributed by atoms with Crippen molar-refractivity contribution in [3.05, 3.63) is 48.0 Å². The van der Waals surface area contributed by atoms with Crippen LogP contribution in [-0.2, 0) is 19.6 Å². The van der Waals surface area contributed by atoms with Crippen molar-refractivity contribution in [1.82, 2.24) is 4.72 Å². The summed E-state index contributed by atoms with van der Waals surface area (Å²) in [5, 5.41) is 0. The van der Waals surface area contributed by atoms with Crippen molar-refractivity contribution in [3.8, 4) is 11.5 Å². The summed E-state index contributed by atoms with van der Waals surface area (Å²) in [6.07, 6.45) is 2.16. The summed E-state index contributed by atoms with van der Waals surface area (Å²) in [5.74, 6) is 0.0288. The molecule has 3 rings (SSSR count). The van der Waals surface area contributed by atoms with Crippen molar-refractivity contribution in [2.45, 2.75) is 22.6 Å². The van der Waals surface area contributed by atoms with E-state index in [0.29, 0.717) is 30.3 Å². The average Bonchev–Trinajstić information content (AvgIpc) is 2.80. The molecule has 0 saturated carbocycles. The maximum atomic E-state index is 12.4. The quantitative estimate of drug-likeness (QED) is 0.247. The molecule has 0 bridgehead atoms. The Hall–Kier alpha value is -2.56. The number of carbonyl (C=O) groups is 2. The lowest BCUT2D eigenvalue weighted by Gasteiger charge is -2.18. The number of ether oxygens (including phenoxy) is 3. The number of benzene rings is 2. The third-order valence-corrected chi connectivity index (χ3v) is 6.65. The minimum absolute atomic E-state index is 0.0116. The Morgan fingerprint density at radius 2 is 1.77 bits per heavy atom.